The van der Waals surface area contributed by atoms with Crippen LogP contribution in [-0.4, -0.2) is 46.9 Å². The Labute approximate surface area is 166 Å². The lowest BCUT2D eigenvalue weighted by Gasteiger charge is -2.19. The van der Waals surface area contributed by atoms with Gasteiger partial charge in [0.05, 0.1) is 12.8 Å². The van der Waals surface area contributed by atoms with Crippen molar-refractivity contribution in [2.45, 2.75) is 30.0 Å². The number of nitrogens with one attached hydrogen (secondary N) is 1. The van der Waals surface area contributed by atoms with Crippen LogP contribution in [0.3, 0.4) is 0 Å². The molecule has 2 aromatic rings. The number of hydrogen-bond acceptors (Lipinski definition) is 7. The fourth-order valence-corrected chi connectivity index (χ4v) is 4.85. The average molecular weight is 435 g/mol. The van der Waals surface area contributed by atoms with Gasteiger partial charge < -0.3 is 0 Å². The standard InChI is InChI=1S/C15H19ClN4O3S3/c1-10(2)24-15-19-18-14(25-15)17-13(21)9-20(26(3,22)23)8-11-6-4-5-7-12(11)16/h4-7,10H,8-9H2,1-3H3,(H,17,18,21). The zero-order valence-corrected chi connectivity index (χ0v) is 17.7. The van der Waals surface area contributed by atoms with Crippen LogP contribution < -0.4 is 5.32 Å². The zero-order valence-electron chi connectivity index (χ0n) is 14.5. The molecule has 2 rings (SSSR count). The summed E-state index contributed by atoms with van der Waals surface area (Å²) in [7, 11) is -3.60. The molecule has 0 spiro atoms. The van der Waals surface area contributed by atoms with E-state index in [1.54, 1.807) is 36.0 Å². The van der Waals surface area contributed by atoms with E-state index in [2.05, 4.69) is 15.5 Å². The quantitative estimate of drug-likeness (QED) is 0.507. The SMILES string of the molecule is CC(C)Sc1nnc(NC(=O)CN(Cc2ccccc2Cl)S(C)(=O)=O)s1. The molecule has 0 unspecified atom stereocenters. The number of halogens is 1. The van der Waals surface area contributed by atoms with Gasteiger partial charge in [-0.2, -0.15) is 4.31 Å². The maximum atomic E-state index is 12.3. The second-order valence-electron chi connectivity index (χ2n) is 5.71. The molecular formula is C15H19ClN4O3S3. The molecule has 0 aliphatic heterocycles. The van der Waals surface area contributed by atoms with Crippen molar-refractivity contribution in [1.82, 2.24) is 14.5 Å². The van der Waals surface area contributed by atoms with Gasteiger partial charge >= 0.3 is 0 Å². The van der Waals surface area contributed by atoms with Crippen LogP contribution >= 0.6 is 34.7 Å². The molecule has 0 fully saturated rings. The van der Waals surface area contributed by atoms with E-state index in [0.717, 1.165) is 14.9 Å². The summed E-state index contributed by atoms with van der Waals surface area (Å²) >= 11 is 8.88. The molecule has 0 saturated carbocycles. The summed E-state index contributed by atoms with van der Waals surface area (Å²) < 4.78 is 25.9. The Morgan fingerprint density at radius 2 is 2.04 bits per heavy atom. The highest BCUT2D eigenvalue weighted by atomic mass is 35.5. The van der Waals surface area contributed by atoms with Gasteiger partial charge in [-0.25, -0.2) is 8.42 Å². The van der Waals surface area contributed by atoms with E-state index in [1.807, 2.05) is 13.8 Å². The van der Waals surface area contributed by atoms with Crippen molar-refractivity contribution in [2.75, 3.05) is 18.1 Å². The van der Waals surface area contributed by atoms with Crippen LogP contribution in [0.4, 0.5) is 5.13 Å². The van der Waals surface area contributed by atoms with Gasteiger partial charge in [-0.3, -0.25) is 10.1 Å². The predicted octanol–water partition coefficient (Wildman–Crippen LogP) is 3.09. The lowest BCUT2D eigenvalue weighted by atomic mass is 10.2. The molecule has 142 valence electrons. The number of thioether (sulfide) groups is 1. The van der Waals surface area contributed by atoms with E-state index in [-0.39, 0.29) is 13.1 Å². The Balaban J connectivity index is 2.05. The molecule has 1 heterocycles. The van der Waals surface area contributed by atoms with Gasteiger partial charge in [0.1, 0.15) is 0 Å². The van der Waals surface area contributed by atoms with Crippen molar-refractivity contribution >= 4 is 55.8 Å². The number of nitrogens with zero attached hydrogens (tertiary/aromatic N) is 3. The molecule has 26 heavy (non-hydrogen) atoms. The summed E-state index contributed by atoms with van der Waals surface area (Å²) in [4.78, 5) is 12.3. The lowest BCUT2D eigenvalue weighted by Crippen LogP contribution is -2.37. The van der Waals surface area contributed by atoms with Gasteiger partial charge in [0.15, 0.2) is 4.34 Å². The van der Waals surface area contributed by atoms with E-state index in [4.69, 9.17) is 11.6 Å². The number of aromatic nitrogens is 2. The molecule has 1 amide bonds. The lowest BCUT2D eigenvalue weighted by molar-refractivity contribution is -0.116. The largest absolute Gasteiger partial charge is 0.299 e. The van der Waals surface area contributed by atoms with Crippen molar-refractivity contribution in [3.8, 4) is 0 Å². The van der Waals surface area contributed by atoms with Crippen LogP contribution in [0.1, 0.15) is 19.4 Å². The topological polar surface area (TPSA) is 92.3 Å². The number of anilines is 1. The summed E-state index contributed by atoms with van der Waals surface area (Å²) in [6.45, 7) is 3.73. The summed E-state index contributed by atoms with van der Waals surface area (Å²) in [6.07, 6.45) is 1.06. The maximum absolute atomic E-state index is 12.3. The normalized spacial score (nSPS) is 11.9. The van der Waals surface area contributed by atoms with Gasteiger partial charge in [-0.15, -0.1) is 10.2 Å². The van der Waals surface area contributed by atoms with Gasteiger partial charge in [0, 0.05) is 16.8 Å². The Bertz CT molecular complexity index is 871. The highest BCUT2D eigenvalue weighted by molar-refractivity contribution is 8.01. The van der Waals surface area contributed by atoms with Crippen LogP contribution in [0.2, 0.25) is 5.02 Å². The van der Waals surface area contributed by atoms with Gasteiger partial charge in [-0.1, -0.05) is 66.7 Å². The molecule has 0 saturated heterocycles. The summed E-state index contributed by atoms with van der Waals surface area (Å²) in [6, 6.07) is 6.91. The molecule has 11 heteroatoms. The van der Waals surface area contributed by atoms with E-state index >= 15 is 0 Å². The Hall–Kier alpha value is -1.20. The van der Waals surface area contributed by atoms with Crippen molar-refractivity contribution in [1.29, 1.82) is 0 Å². The molecular weight excluding hydrogens is 416 g/mol. The van der Waals surface area contributed by atoms with E-state index in [9.17, 15) is 13.2 Å². The van der Waals surface area contributed by atoms with Gasteiger partial charge in [0.2, 0.25) is 21.1 Å². The summed E-state index contributed by atoms with van der Waals surface area (Å²) in [5.41, 5.74) is 0.624. The molecule has 1 N–H and O–H groups in total. The second kappa shape index (κ2) is 9.14. The van der Waals surface area contributed by atoms with Gasteiger partial charge in [0.25, 0.3) is 0 Å². The number of carbonyl (C=O) groups excluding carboxylic acids is 1. The molecule has 0 aliphatic rings. The third-order valence-corrected chi connectivity index (χ3v) is 6.57. The third-order valence-electron chi connectivity index (χ3n) is 3.08. The molecule has 0 bridgehead atoms. The fraction of sp³-hybridized carbons (Fsp3) is 0.400. The molecule has 0 radical (unpaired) electrons. The van der Waals surface area contributed by atoms with E-state index in [0.29, 0.717) is 21.0 Å². The Morgan fingerprint density at radius 1 is 1.35 bits per heavy atom. The predicted molar refractivity (Wildman–Crippen MR) is 106 cm³/mol. The van der Waals surface area contributed by atoms with Gasteiger partial charge in [-0.05, 0) is 11.6 Å². The third kappa shape index (κ3) is 6.51. The monoisotopic (exact) mass is 434 g/mol. The van der Waals surface area contributed by atoms with Crippen molar-refractivity contribution < 1.29 is 13.2 Å². The molecule has 1 aromatic heterocycles. The highest BCUT2D eigenvalue weighted by Gasteiger charge is 2.22. The van der Waals surface area contributed by atoms with Crippen molar-refractivity contribution in [2.24, 2.45) is 0 Å². The molecule has 0 atom stereocenters. The summed E-state index contributed by atoms with van der Waals surface area (Å²) in [5.74, 6) is -0.486. The minimum absolute atomic E-state index is 0.0104. The highest BCUT2D eigenvalue weighted by Crippen LogP contribution is 2.28. The first kappa shape index (κ1) is 21.1. The number of hydrogen-bond donors (Lipinski definition) is 1. The number of carbonyl (C=O) groups is 1. The zero-order chi connectivity index (χ0) is 19.3. The fourth-order valence-electron chi connectivity index (χ4n) is 1.94. The van der Waals surface area contributed by atoms with Crippen LogP contribution in [0.25, 0.3) is 0 Å². The minimum atomic E-state index is -3.60. The Kier molecular flexibility index (Phi) is 7.42. The smallest absolute Gasteiger partial charge is 0.241 e. The van der Waals surface area contributed by atoms with Crippen LogP contribution in [0.5, 0.6) is 0 Å². The first-order valence-electron chi connectivity index (χ1n) is 7.63. The summed E-state index contributed by atoms with van der Waals surface area (Å²) in [5, 5.41) is 11.6. The average Bonchev–Trinajstić information content (AvgIpc) is 2.93. The van der Waals surface area contributed by atoms with Crippen LogP contribution in [0.15, 0.2) is 28.6 Å². The van der Waals surface area contributed by atoms with Crippen LogP contribution in [0, 0.1) is 0 Å². The molecule has 0 aliphatic carbocycles. The second-order valence-corrected chi connectivity index (χ2v) is 10.9. The first-order chi connectivity index (χ1) is 12.1. The first-order valence-corrected chi connectivity index (χ1v) is 11.6. The molecule has 7 nitrogen and oxygen atoms in total. The Morgan fingerprint density at radius 3 is 2.65 bits per heavy atom. The van der Waals surface area contributed by atoms with Crippen LogP contribution in [-0.2, 0) is 21.4 Å². The number of rotatable bonds is 8. The number of sulfonamides is 1. The maximum Gasteiger partial charge on any atom is 0.241 e. The minimum Gasteiger partial charge on any atom is -0.299 e. The van der Waals surface area contributed by atoms with Crippen molar-refractivity contribution in [3.63, 3.8) is 0 Å². The van der Waals surface area contributed by atoms with Crippen molar-refractivity contribution in [3.05, 3.63) is 34.9 Å². The van der Waals surface area contributed by atoms with E-state index < -0.39 is 15.9 Å². The molecule has 1 aromatic carbocycles. The van der Waals surface area contributed by atoms with E-state index in [1.165, 1.54) is 11.3 Å². The number of amides is 1. The number of benzene rings is 1.